The van der Waals surface area contributed by atoms with Crippen LogP contribution in [0.4, 0.5) is 0 Å². The maximum atomic E-state index is 8.95. The summed E-state index contributed by atoms with van der Waals surface area (Å²) < 4.78 is 0. The van der Waals surface area contributed by atoms with E-state index in [1.165, 1.54) is 5.39 Å². The van der Waals surface area contributed by atoms with Gasteiger partial charge in [-0.3, -0.25) is 0 Å². The number of nitriles is 2. The third-order valence-corrected chi connectivity index (χ3v) is 3.82. The van der Waals surface area contributed by atoms with E-state index in [-0.39, 0.29) is 5.57 Å². The van der Waals surface area contributed by atoms with E-state index in [0.717, 1.165) is 33.1 Å². The zero-order chi connectivity index (χ0) is 15.0. The van der Waals surface area contributed by atoms with E-state index < -0.39 is 0 Å². The molecule has 0 fully saturated rings. The number of hydrogen-bond donors (Lipinski definition) is 1. The Balaban J connectivity index is 2.43. The summed E-state index contributed by atoms with van der Waals surface area (Å²) in [5.74, 6) is 0. The van der Waals surface area contributed by atoms with E-state index in [2.05, 4.69) is 17.1 Å². The largest absolute Gasteiger partial charge is 0.354 e. The number of fused-ring (bicyclic) bond motifs is 3. The molecule has 2 aromatic carbocycles. The van der Waals surface area contributed by atoms with Crippen molar-refractivity contribution in [1.29, 1.82) is 10.5 Å². The standard InChI is InChI=1S/C18H13N3/c1-11-7-14(8-13(9-19)10-20)12(2)17-15-5-3-4-6-16(15)21-18(11)17/h3-8,21H,1-2H3. The highest BCUT2D eigenvalue weighted by Gasteiger charge is 2.11. The molecule has 0 aliphatic heterocycles. The molecule has 0 saturated carbocycles. The van der Waals surface area contributed by atoms with Crippen molar-refractivity contribution in [2.24, 2.45) is 0 Å². The van der Waals surface area contributed by atoms with Gasteiger partial charge in [0.1, 0.15) is 17.7 Å². The van der Waals surface area contributed by atoms with Crippen molar-refractivity contribution < 1.29 is 0 Å². The zero-order valence-electron chi connectivity index (χ0n) is 11.9. The van der Waals surface area contributed by atoms with Gasteiger partial charge in [-0.1, -0.05) is 18.2 Å². The van der Waals surface area contributed by atoms with Gasteiger partial charge in [0.25, 0.3) is 0 Å². The van der Waals surface area contributed by atoms with Gasteiger partial charge in [0, 0.05) is 21.8 Å². The van der Waals surface area contributed by atoms with Crippen LogP contribution < -0.4 is 0 Å². The molecular formula is C18H13N3. The molecule has 3 aromatic rings. The predicted molar refractivity (Wildman–Crippen MR) is 84.5 cm³/mol. The summed E-state index contributed by atoms with van der Waals surface area (Å²) in [5.41, 5.74) is 5.44. The van der Waals surface area contributed by atoms with Crippen LogP contribution >= 0.6 is 0 Å². The molecule has 3 rings (SSSR count). The molecule has 1 aromatic heterocycles. The number of aromatic amines is 1. The Bertz CT molecular complexity index is 960. The number of aryl methyl sites for hydroxylation is 2. The molecule has 0 radical (unpaired) electrons. The minimum Gasteiger partial charge on any atom is -0.354 e. The Labute approximate surface area is 122 Å². The number of hydrogen-bond acceptors (Lipinski definition) is 2. The van der Waals surface area contributed by atoms with Gasteiger partial charge < -0.3 is 4.98 Å². The number of nitrogens with one attached hydrogen (secondary N) is 1. The Hall–Kier alpha value is -3.04. The van der Waals surface area contributed by atoms with Crippen LogP contribution in [-0.2, 0) is 0 Å². The number of allylic oxidation sites excluding steroid dienone is 1. The van der Waals surface area contributed by atoms with E-state index in [9.17, 15) is 0 Å². The second-order valence-electron chi connectivity index (χ2n) is 5.11. The molecule has 0 spiro atoms. The highest BCUT2D eigenvalue weighted by Crippen LogP contribution is 2.33. The van der Waals surface area contributed by atoms with Gasteiger partial charge in [-0.25, -0.2) is 0 Å². The molecule has 0 aliphatic carbocycles. The van der Waals surface area contributed by atoms with Crippen molar-refractivity contribution in [2.75, 3.05) is 0 Å². The summed E-state index contributed by atoms with van der Waals surface area (Å²) >= 11 is 0. The van der Waals surface area contributed by atoms with Crippen molar-refractivity contribution in [3.05, 3.63) is 52.6 Å². The summed E-state index contributed by atoms with van der Waals surface area (Å²) in [6.07, 6.45) is 1.66. The van der Waals surface area contributed by atoms with Crippen LogP contribution in [0.3, 0.4) is 0 Å². The first kappa shape index (κ1) is 13.0. The molecule has 1 heterocycles. The Morgan fingerprint density at radius 1 is 1.14 bits per heavy atom. The van der Waals surface area contributed by atoms with Crippen LogP contribution in [0.25, 0.3) is 27.9 Å². The Morgan fingerprint density at radius 2 is 1.86 bits per heavy atom. The van der Waals surface area contributed by atoms with Crippen LogP contribution in [0.5, 0.6) is 0 Å². The number of H-pyrrole nitrogens is 1. The second kappa shape index (κ2) is 4.81. The first-order chi connectivity index (χ1) is 10.2. The molecule has 0 amide bonds. The maximum Gasteiger partial charge on any atom is 0.130 e. The van der Waals surface area contributed by atoms with Crippen LogP contribution in [-0.4, -0.2) is 4.98 Å². The van der Waals surface area contributed by atoms with Crippen molar-refractivity contribution in [3.8, 4) is 12.1 Å². The number of aromatic nitrogens is 1. The predicted octanol–water partition coefficient (Wildman–Crippen LogP) is 4.37. The fraction of sp³-hybridized carbons (Fsp3) is 0.111. The van der Waals surface area contributed by atoms with Gasteiger partial charge in [-0.2, -0.15) is 10.5 Å². The van der Waals surface area contributed by atoms with E-state index >= 15 is 0 Å². The van der Waals surface area contributed by atoms with Gasteiger partial charge in [0.15, 0.2) is 0 Å². The topological polar surface area (TPSA) is 63.4 Å². The smallest absolute Gasteiger partial charge is 0.130 e. The minimum atomic E-state index is 0.122. The Kier molecular flexibility index (Phi) is 2.97. The molecule has 0 bridgehead atoms. The molecule has 3 heteroatoms. The molecule has 21 heavy (non-hydrogen) atoms. The van der Waals surface area contributed by atoms with Crippen LogP contribution in [0.1, 0.15) is 16.7 Å². The fourth-order valence-corrected chi connectivity index (χ4v) is 2.78. The third-order valence-electron chi connectivity index (χ3n) is 3.82. The summed E-state index contributed by atoms with van der Waals surface area (Å²) in [4.78, 5) is 3.44. The Morgan fingerprint density at radius 3 is 2.57 bits per heavy atom. The summed E-state index contributed by atoms with van der Waals surface area (Å²) in [5, 5.41) is 20.2. The molecule has 0 saturated heterocycles. The lowest BCUT2D eigenvalue weighted by molar-refractivity contribution is 1.40. The van der Waals surface area contributed by atoms with Crippen molar-refractivity contribution in [2.45, 2.75) is 13.8 Å². The fourth-order valence-electron chi connectivity index (χ4n) is 2.78. The van der Waals surface area contributed by atoms with E-state index in [1.807, 2.05) is 44.2 Å². The van der Waals surface area contributed by atoms with Crippen LogP contribution in [0.15, 0.2) is 35.9 Å². The van der Waals surface area contributed by atoms with Crippen LogP contribution in [0.2, 0.25) is 0 Å². The SMILES string of the molecule is Cc1cc(C=C(C#N)C#N)c(C)c2c1[nH]c1ccccc12. The van der Waals surface area contributed by atoms with Crippen LogP contribution in [0, 0.1) is 36.5 Å². The molecule has 0 atom stereocenters. The van der Waals surface area contributed by atoms with Crippen molar-refractivity contribution >= 4 is 27.9 Å². The normalized spacial score (nSPS) is 10.3. The summed E-state index contributed by atoms with van der Waals surface area (Å²) in [6, 6.07) is 14.0. The van der Waals surface area contributed by atoms with Gasteiger partial charge in [0.2, 0.25) is 0 Å². The molecule has 0 aliphatic rings. The molecule has 1 N–H and O–H groups in total. The van der Waals surface area contributed by atoms with Crippen molar-refractivity contribution in [3.63, 3.8) is 0 Å². The lowest BCUT2D eigenvalue weighted by atomic mass is 9.97. The van der Waals surface area contributed by atoms with Gasteiger partial charge in [-0.15, -0.1) is 0 Å². The highest BCUT2D eigenvalue weighted by atomic mass is 14.7. The number of rotatable bonds is 1. The minimum absolute atomic E-state index is 0.122. The van der Waals surface area contributed by atoms with Gasteiger partial charge in [-0.05, 0) is 48.7 Å². The first-order valence-electron chi connectivity index (χ1n) is 6.68. The zero-order valence-corrected chi connectivity index (χ0v) is 11.9. The van der Waals surface area contributed by atoms with E-state index in [0.29, 0.717) is 0 Å². The molecule has 3 nitrogen and oxygen atoms in total. The number of para-hydroxylation sites is 1. The van der Waals surface area contributed by atoms with Crippen molar-refractivity contribution in [1.82, 2.24) is 4.98 Å². The molecule has 100 valence electrons. The maximum absolute atomic E-state index is 8.95. The number of benzene rings is 2. The van der Waals surface area contributed by atoms with E-state index in [4.69, 9.17) is 10.5 Å². The lowest BCUT2D eigenvalue weighted by Crippen LogP contribution is -1.88. The highest BCUT2D eigenvalue weighted by molar-refractivity contribution is 6.10. The average molecular weight is 271 g/mol. The summed E-state index contributed by atoms with van der Waals surface area (Å²) in [6.45, 7) is 4.06. The lowest BCUT2D eigenvalue weighted by Gasteiger charge is -2.06. The first-order valence-corrected chi connectivity index (χ1v) is 6.68. The second-order valence-corrected chi connectivity index (χ2v) is 5.11. The average Bonchev–Trinajstić information content (AvgIpc) is 2.89. The van der Waals surface area contributed by atoms with Gasteiger partial charge >= 0.3 is 0 Å². The third kappa shape index (κ3) is 1.96. The quantitative estimate of drug-likeness (QED) is 0.668. The summed E-state index contributed by atoms with van der Waals surface area (Å²) in [7, 11) is 0. The van der Waals surface area contributed by atoms with Gasteiger partial charge in [0.05, 0.1) is 0 Å². The monoisotopic (exact) mass is 271 g/mol. The number of nitrogens with zero attached hydrogens (tertiary/aromatic N) is 2. The molecule has 0 unspecified atom stereocenters. The molecular weight excluding hydrogens is 258 g/mol. The van der Waals surface area contributed by atoms with E-state index in [1.54, 1.807) is 6.08 Å².